The lowest BCUT2D eigenvalue weighted by atomic mass is 10.1. The van der Waals surface area contributed by atoms with Gasteiger partial charge in [-0.25, -0.2) is 9.78 Å². The van der Waals surface area contributed by atoms with Crippen LogP contribution in [0.3, 0.4) is 0 Å². The van der Waals surface area contributed by atoms with Crippen LogP contribution in [0.15, 0.2) is 29.2 Å². The van der Waals surface area contributed by atoms with Crippen molar-refractivity contribution in [3.63, 3.8) is 0 Å². The summed E-state index contributed by atoms with van der Waals surface area (Å²) in [6, 6.07) is 5.04. The summed E-state index contributed by atoms with van der Waals surface area (Å²) in [7, 11) is 0. The lowest BCUT2D eigenvalue weighted by Gasteiger charge is -2.09. The average molecular weight is 231 g/mol. The first-order valence-electron chi connectivity index (χ1n) is 5.15. The van der Waals surface area contributed by atoms with Crippen molar-refractivity contribution in [1.82, 2.24) is 14.9 Å². The van der Waals surface area contributed by atoms with Crippen LogP contribution in [-0.2, 0) is 6.54 Å². The first kappa shape index (κ1) is 9.83. The number of aromatic nitrogens is 2. The smallest absolute Gasteiger partial charge is 0.405 e. The molecule has 0 saturated carbocycles. The number of carboxylic acid groups (broad SMARTS) is 1. The van der Waals surface area contributed by atoms with Gasteiger partial charge in [-0.2, -0.15) is 0 Å². The van der Waals surface area contributed by atoms with Crippen molar-refractivity contribution >= 4 is 17.1 Å². The third-order valence-electron chi connectivity index (χ3n) is 2.93. The summed E-state index contributed by atoms with van der Waals surface area (Å²) in [5.41, 5.74) is 2.02. The van der Waals surface area contributed by atoms with E-state index in [1.165, 1.54) is 6.20 Å². The molecule has 1 aromatic carbocycles. The summed E-state index contributed by atoms with van der Waals surface area (Å²) in [4.78, 5) is 26.4. The van der Waals surface area contributed by atoms with Gasteiger partial charge in [-0.3, -0.25) is 4.79 Å². The molecule has 0 aliphatic carbocycles. The third kappa shape index (κ3) is 1.37. The number of hydrogen-bond acceptors (Lipinski definition) is 3. The minimum Gasteiger partial charge on any atom is -0.465 e. The van der Waals surface area contributed by atoms with Crippen LogP contribution in [0.4, 0.5) is 4.79 Å². The number of carbonyl (C=O) groups is 1. The molecule has 86 valence electrons. The lowest BCUT2D eigenvalue weighted by molar-refractivity contribution is 0.189. The zero-order valence-corrected chi connectivity index (χ0v) is 8.75. The summed E-state index contributed by atoms with van der Waals surface area (Å²) in [5, 5.41) is 11.2. The monoisotopic (exact) mass is 231 g/mol. The quantitative estimate of drug-likeness (QED) is 0.757. The van der Waals surface area contributed by atoms with Crippen molar-refractivity contribution in [3.05, 3.63) is 40.3 Å². The Morgan fingerprint density at radius 3 is 3.12 bits per heavy atom. The first-order chi connectivity index (χ1) is 8.16. The van der Waals surface area contributed by atoms with Crippen molar-refractivity contribution in [2.45, 2.75) is 12.6 Å². The van der Waals surface area contributed by atoms with Gasteiger partial charge in [-0.05, 0) is 6.07 Å². The molecule has 2 N–H and O–H groups in total. The highest BCUT2D eigenvalue weighted by molar-refractivity contribution is 5.81. The van der Waals surface area contributed by atoms with Crippen LogP contribution in [0.2, 0.25) is 0 Å². The standard InChI is InChI=1S/C11H9N3O3/c15-9-4-12-7-3-1-2-6-8(13-11(16)17)5-14(9)10(6)7/h1-4,8,13H,5H2,(H,16,17)/t8-/m1/s1. The van der Waals surface area contributed by atoms with Gasteiger partial charge in [0.25, 0.3) is 5.56 Å². The number of nitrogens with one attached hydrogen (secondary N) is 1. The van der Waals surface area contributed by atoms with Gasteiger partial charge >= 0.3 is 6.09 Å². The molecule has 0 bridgehead atoms. The van der Waals surface area contributed by atoms with Crippen LogP contribution in [-0.4, -0.2) is 20.8 Å². The molecule has 1 aromatic heterocycles. The van der Waals surface area contributed by atoms with Crippen molar-refractivity contribution in [1.29, 1.82) is 0 Å². The van der Waals surface area contributed by atoms with Crippen LogP contribution >= 0.6 is 0 Å². The highest BCUT2D eigenvalue weighted by Crippen LogP contribution is 2.29. The molecule has 1 aliphatic heterocycles. The predicted molar refractivity (Wildman–Crippen MR) is 59.9 cm³/mol. The fourth-order valence-corrected chi connectivity index (χ4v) is 2.27. The summed E-state index contributed by atoms with van der Waals surface area (Å²) in [5.74, 6) is 0. The number of benzene rings is 1. The Labute approximate surface area is 95.5 Å². The summed E-state index contributed by atoms with van der Waals surface area (Å²) >= 11 is 0. The van der Waals surface area contributed by atoms with Crippen LogP contribution in [0.1, 0.15) is 11.6 Å². The highest BCUT2D eigenvalue weighted by atomic mass is 16.4. The fraction of sp³-hybridized carbons (Fsp3) is 0.182. The van der Waals surface area contributed by atoms with Crippen molar-refractivity contribution in [2.75, 3.05) is 0 Å². The Bertz CT molecular complexity index is 677. The SMILES string of the molecule is O=C(O)N[C@@H]1Cn2c(=O)cnc3cccc1c32. The largest absolute Gasteiger partial charge is 0.465 e. The average Bonchev–Trinajstić information content (AvgIpc) is 2.65. The zero-order valence-electron chi connectivity index (χ0n) is 8.75. The highest BCUT2D eigenvalue weighted by Gasteiger charge is 2.26. The third-order valence-corrected chi connectivity index (χ3v) is 2.93. The second-order valence-electron chi connectivity index (χ2n) is 3.92. The molecule has 0 radical (unpaired) electrons. The Hall–Kier alpha value is -2.37. The van der Waals surface area contributed by atoms with Crippen LogP contribution < -0.4 is 10.9 Å². The minimum absolute atomic E-state index is 0.209. The van der Waals surface area contributed by atoms with E-state index in [2.05, 4.69) is 10.3 Å². The van der Waals surface area contributed by atoms with Gasteiger partial charge in [0.1, 0.15) is 0 Å². The van der Waals surface area contributed by atoms with Gasteiger partial charge in [0, 0.05) is 5.56 Å². The van der Waals surface area contributed by atoms with E-state index in [9.17, 15) is 9.59 Å². The number of hydrogen-bond donors (Lipinski definition) is 2. The molecule has 0 fully saturated rings. The maximum Gasteiger partial charge on any atom is 0.405 e. The predicted octanol–water partition coefficient (Wildman–Crippen LogP) is 0.719. The number of para-hydroxylation sites is 1. The van der Waals surface area contributed by atoms with Gasteiger partial charge in [-0.1, -0.05) is 12.1 Å². The summed E-state index contributed by atoms with van der Waals surface area (Å²) < 4.78 is 1.55. The van der Waals surface area contributed by atoms with Gasteiger partial charge in [0.2, 0.25) is 0 Å². The Balaban J connectivity index is 2.25. The van der Waals surface area contributed by atoms with Gasteiger partial charge in [0.05, 0.1) is 29.8 Å². The molecular formula is C11H9N3O3. The number of rotatable bonds is 1. The lowest BCUT2D eigenvalue weighted by Crippen LogP contribution is -2.28. The second-order valence-corrected chi connectivity index (χ2v) is 3.92. The van der Waals surface area contributed by atoms with Crippen molar-refractivity contribution in [2.24, 2.45) is 0 Å². The molecule has 2 heterocycles. The van der Waals surface area contributed by atoms with Gasteiger partial charge in [0.15, 0.2) is 0 Å². The van der Waals surface area contributed by atoms with E-state index in [1.54, 1.807) is 16.7 Å². The zero-order chi connectivity index (χ0) is 12.0. The van der Waals surface area contributed by atoms with Crippen molar-refractivity contribution in [3.8, 4) is 0 Å². The fourth-order valence-electron chi connectivity index (χ4n) is 2.27. The second kappa shape index (κ2) is 3.31. The van der Waals surface area contributed by atoms with E-state index < -0.39 is 6.09 Å². The van der Waals surface area contributed by atoms with Crippen LogP contribution in [0, 0.1) is 0 Å². The van der Waals surface area contributed by atoms with Gasteiger partial charge in [-0.15, -0.1) is 0 Å². The molecule has 0 saturated heterocycles. The minimum atomic E-state index is -1.10. The van der Waals surface area contributed by atoms with E-state index in [1.807, 2.05) is 6.07 Å². The number of amides is 1. The van der Waals surface area contributed by atoms with E-state index in [-0.39, 0.29) is 11.6 Å². The molecule has 2 aromatic rings. The Kier molecular flexibility index (Phi) is 1.91. The van der Waals surface area contributed by atoms with Crippen molar-refractivity contribution < 1.29 is 9.90 Å². The van der Waals surface area contributed by atoms with E-state index >= 15 is 0 Å². The molecule has 1 aliphatic rings. The maximum atomic E-state index is 11.7. The van der Waals surface area contributed by atoms with Gasteiger partial charge < -0.3 is 15.0 Å². The van der Waals surface area contributed by atoms with E-state index in [4.69, 9.17) is 5.11 Å². The Morgan fingerprint density at radius 1 is 1.53 bits per heavy atom. The normalized spacial score (nSPS) is 17.3. The molecule has 6 heteroatoms. The molecule has 17 heavy (non-hydrogen) atoms. The van der Waals surface area contributed by atoms with Crippen LogP contribution in [0.5, 0.6) is 0 Å². The Morgan fingerprint density at radius 2 is 2.35 bits per heavy atom. The molecular weight excluding hydrogens is 222 g/mol. The molecule has 0 spiro atoms. The van der Waals surface area contributed by atoms with E-state index in [0.717, 1.165) is 11.1 Å². The molecule has 1 atom stereocenters. The first-order valence-corrected chi connectivity index (χ1v) is 5.15. The van der Waals surface area contributed by atoms with Crippen LogP contribution in [0.25, 0.3) is 11.0 Å². The van der Waals surface area contributed by atoms with E-state index in [0.29, 0.717) is 12.1 Å². The summed E-state index contributed by atoms with van der Waals surface area (Å²) in [6.07, 6.45) is 0.163. The molecule has 1 amide bonds. The topological polar surface area (TPSA) is 84.2 Å². The molecule has 3 rings (SSSR count). The summed E-state index contributed by atoms with van der Waals surface area (Å²) in [6.45, 7) is 0.323. The molecule has 6 nitrogen and oxygen atoms in total. The maximum absolute atomic E-state index is 11.7. The number of nitrogens with zero attached hydrogens (tertiary/aromatic N) is 2. The molecule has 0 unspecified atom stereocenters.